The molecule has 3 atom stereocenters. The van der Waals surface area contributed by atoms with Gasteiger partial charge in [0.05, 0.1) is 0 Å². The number of carboxylic acid groups (broad SMARTS) is 1. The van der Waals surface area contributed by atoms with Crippen LogP contribution in [0.25, 0.3) is 0 Å². The van der Waals surface area contributed by atoms with Crippen LogP contribution in [0.4, 0.5) is 4.79 Å². The smallest absolute Gasteiger partial charge is 0.326 e. The summed E-state index contributed by atoms with van der Waals surface area (Å²) in [6.45, 7) is 0. The summed E-state index contributed by atoms with van der Waals surface area (Å²) in [4.78, 5) is 22.8. The number of likely N-dealkylation sites (tertiary alicyclic amines) is 1. The van der Waals surface area contributed by atoms with Gasteiger partial charge in [-0.05, 0) is 18.8 Å². The van der Waals surface area contributed by atoms with Crippen molar-refractivity contribution in [2.75, 3.05) is 0 Å². The monoisotopic (exact) mass is 170 g/mol. The zero-order valence-electron chi connectivity index (χ0n) is 6.43. The zero-order valence-corrected chi connectivity index (χ0v) is 6.43. The third-order valence-corrected chi connectivity index (χ3v) is 2.64. The number of nitrogens with two attached hydrogens (primary N) is 1. The molecule has 1 aliphatic heterocycles. The molecule has 1 saturated heterocycles. The van der Waals surface area contributed by atoms with Gasteiger partial charge in [0.25, 0.3) is 0 Å². The van der Waals surface area contributed by atoms with E-state index in [2.05, 4.69) is 0 Å². The molecule has 0 spiro atoms. The molecule has 5 nitrogen and oxygen atoms in total. The van der Waals surface area contributed by atoms with E-state index in [1.165, 1.54) is 4.90 Å². The Labute approximate surface area is 69.1 Å². The number of urea groups is 1. The van der Waals surface area contributed by atoms with Gasteiger partial charge in [0, 0.05) is 6.04 Å². The predicted octanol–water partition coefficient (Wildman–Crippen LogP) is -0.388. The first kappa shape index (κ1) is 7.39. The second-order valence-electron chi connectivity index (χ2n) is 3.40. The minimum Gasteiger partial charge on any atom is -0.480 e. The molecule has 1 heterocycles. The molecule has 0 radical (unpaired) electrons. The number of carbonyl (C=O) groups is 2. The van der Waals surface area contributed by atoms with Gasteiger partial charge >= 0.3 is 12.0 Å². The van der Waals surface area contributed by atoms with Crippen molar-refractivity contribution in [2.24, 2.45) is 11.7 Å². The number of nitrogens with zero attached hydrogens (tertiary/aromatic N) is 1. The molecule has 0 bridgehead atoms. The summed E-state index contributed by atoms with van der Waals surface area (Å²) in [5.74, 6) is -0.556. The maximum absolute atomic E-state index is 10.8. The van der Waals surface area contributed by atoms with Crippen LogP contribution in [0.1, 0.15) is 12.8 Å². The molecular weight excluding hydrogens is 160 g/mol. The molecule has 2 rings (SSSR count). The van der Waals surface area contributed by atoms with Gasteiger partial charge in [-0.25, -0.2) is 9.59 Å². The van der Waals surface area contributed by atoms with Gasteiger partial charge in [-0.15, -0.1) is 0 Å². The van der Waals surface area contributed by atoms with Crippen LogP contribution in [-0.4, -0.2) is 34.1 Å². The van der Waals surface area contributed by atoms with Gasteiger partial charge in [0.2, 0.25) is 0 Å². The van der Waals surface area contributed by atoms with Crippen molar-refractivity contribution in [1.29, 1.82) is 0 Å². The first-order chi connectivity index (χ1) is 5.61. The van der Waals surface area contributed by atoms with Crippen LogP contribution in [-0.2, 0) is 4.79 Å². The van der Waals surface area contributed by atoms with Crippen LogP contribution in [0.3, 0.4) is 0 Å². The Hall–Kier alpha value is -1.26. The minimum absolute atomic E-state index is 0.114. The van der Waals surface area contributed by atoms with Gasteiger partial charge in [-0.1, -0.05) is 0 Å². The fourth-order valence-corrected chi connectivity index (χ4v) is 1.99. The van der Waals surface area contributed by atoms with E-state index in [-0.39, 0.29) is 6.04 Å². The Morgan fingerprint density at radius 1 is 1.42 bits per heavy atom. The van der Waals surface area contributed by atoms with E-state index >= 15 is 0 Å². The summed E-state index contributed by atoms with van der Waals surface area (Å²) in [5.41, 5.74) is 5.07. The number of hydrogen-bond donors (Lipinski definition) is 2. The van der Waals surface area contributed by atoms with Crippen molar-refractivity contribution < 1.29 is 14.7 Å². The lowest BCUT2D eigenvalue weighted by Crippen LogP contribution is -2.45. The largest absolute Gasteiger partial charge is 0.480 e. The molecule has 1 saturated carbocycles. The Kier molecular flexibility index (Phi) is 1.31. The SMILES string of the molecule is NC(=O)N1C2CC2C[C@H]1C(=O)O. The minimum atomic E-state index is -0.944. The third kappa shape index (κ3) is 0.855. The summed E-state index contributed by atoms with van der Waals surface area (Å²) in [6.07, 6.45) is 1.50. The Bertz CT molecular complexity index is 253. The highest BCUT2D eigenvalue weighted by Crippen LogP contribution is 2.47. The number of carbonyl (C=O) groups excluding carboxylic acids is 1. The normalized spacial score (nSPS) is 37.7. The van der Waals surface area contributed by atoms with Crippen molar-refractivity contribution in [3.8, 4) is 0 Å². The molecule has 2 aliphatic rings. The number of fused-ring (bicyclic) bond motifs is 1. The molecule has 2 unspecified atom stereocenters. The van der Waals surface area contributed by atoms with Gasteiger partial charge in [0.1, 0.15) is 6.04 Å². The average Bonchev–Trinajstić information content (AvgIpc) is 2.60. The summed E-state index contributed by atoms with van der Waals surface area (Å²) in [7, 11) is 0. The quantitative estimate of drug-likeness (QED) is 0.562. The van der Waals surface area contributed by atoms with Gasteiger partial charge in [-0.2, -0.15) is 0 Å². The lowest BCUT2D eigenvalue weighted by molar-refractivity contribution is -0.141. The van der Waals surface area contributed by atoms with Crippen molar-refractivity contribution in [3.63, 3.8) is 0 Å². The molecule has 3 N–H and O–H groups in total. The first-order valence-corrected chi connectivity index (χ1v) is 3.92. The molecule has 2 amide bonds. The van der Waals surface area contributed by atoms with E-state index in [1.54, 1.807) is 0 Å². The van der Waals surface area contributed by atoms with Gasteiger partial charge in [-0.3, -0.25) is 0 Å². The maximum atomic E-state index is 10.8. The number of primary amides is 1. The summed E-state index contributed by atoms with van der Waals surface area (Å²) in [5, 5.41) is 8.72. The Morgan fingerprint density at radius 2 is 2.08 bits per heavy atom. The molecule has 66 valence electrons. The molecule has 0 aromatic heterocycles. The number of amides is 2. The first-order valence-electron chi connectivity index (χ1n) is 3.92. The summed E-state index contributed by atoms with van der Waals surface area (Å²) < 4.78 is 0. The van der Waals surface area contributed by atoms with Crippen molar-refractivity contribution in [3.05, 3.63) is 0 Å². The molecule has 12 heavy (non-hydrogen) atoms. The van der Waals surface area contributed by atoms with E-state index in [4.69, 9.17) is 10.8 Å². The second-order valence-corrected chi connectivity index (χ2v) is 3.40. The molecule has 0 aromatic carbocycles. The van der Waals surface area contributed by atoms with Crippen LogP contribution >= 0.6 is 0 Å². The molecule has 2 fully saturated rings. The highest BCUT2D eigenvalue weighted by atomic mass is 16.4. The fraction of sp³-hybridized carbons (Fsp3) is 0.714. The molecular formula is C7H10N2O3. The van der Waals surface area contributed by atoms with Crippen molar-refractivity contribution in [2.45, 2.75) is 24.9 Å². The van der Waals surface area contributed by atoms with E-state index < -0.39 is 18.0 Å². The Balaban J connectivity index is 2.16. The van der Waals surface area contributed by atoms with Crippen LogP contribution in [0.15, 0.2) is 0 Å². The summed E-state index contributed by atoms with van der Waals surface area (Å²) in [6, 6.07) is -1.16. The number of hydrogen-bond acceptors (Lipinski definition) is 2. The lowest BCUT2D eigenvalue weighted by Gasteiger charge is -2.21. The maximum Gasteiger partial charge on any atom is 0.326 e. The molecule has 5 heteroatoms. The van der Waals surface area contributed by atoms with Crippen molar-refractivity contribution in [1.82, 2.24) is 4.90 Å². The van der Waals surface area contributed by atoms with Gasteiger partial charge < -0.3 is 15.7 Å². The van der Waals surface area contributed by atoms with Crippen molar-refractivity contribution >= 4 is 12.0 Å². The average molecular weight is 170 g/mol. The molecule has 0 aromatic rings. The standard InChI is InChI=1S/C7H10N2O3/c8-7(12)9-4-1-3(4)2-5(9)6(10)11/h3-5H,1-2H2,(H2,8,12)(H,10,11)/t3?,4?,5-/m0/s1. The van der Waals surface area contributed by atoms with Crippen LogP contribution in [0.5, 0.6) is 0 Å². The zero-order chi connectivity index (χ0) is 8.88. The Morgan fingerprint density at radius 3 is 2.50 bits per heavy atom. The topological polar surface area (TPSA) is 83.6 Å². The predicted molar refractivity (Wildman–Crippen MR) is 39.4 cm³/mol. The molecule has 1 aliphatic carbocycles. The third-order valence-electron chi connectivity index (χ3n) is 2.64. The van der Waals surface area contributed by atoms with Gasteiger partial charge in [0.15, 0.2) is 0 Å². The fourth-order valence-electron chi connectivity index (χ4n) is 1.99. The number of carboxylic acids is 1. The highest BCUT2D eigenvalue weighted by Gasteiger charge is 2.55. The van der Waals surface area contributed by atoms with Crippen LogP contribution in [0, 0.1) is 5.92 Å². The van der Waals surface area contributed by atoms with Crippen LogP contribution in [0.2, 0.25) is 0 Å². The number of aliphatic carboxylic acids is 1. The van der Waals surface area contributed by atoms with E-state index in [9.17, 15) is 9.59 Å². The number of rotatable bonds is 1. The van der Waals surface area contributed by atoms with E-state index in [0.29, 0.717) is 12.3 Å². The van der Waals surface area contributed by atoms with E-state index in [0.717, 1.165) is 6.42 Å². The van der Waals surface area contributed by atoms with Crippen LogP contribution < -0.4 is 5.73 Å². The lowest BCUT2D eigenvalue weighted by atomic mass is 10.2. The summed E-state index contributed by atoms with van der Waals surface area (Å²) >= 11 is 0. The highest BCUT2D eigenvalue weighted by molar-refractivity contribution is 5.83. The van der Waals surface area contributed by atoms with E-state index in [1.807, 2.05) is 0 Å². The second kappa shape index (κ2) is 2.12. The number of piperidine rings is 1.